The van der Waals surface area contributed by atoms with Crippen LogP contribution in [0.15, 0.2) is 53.6 Å². The SMILES string of the molecule is O=C(O)c1ccccc1NN=Cc1ccc(OC2CCCC2)cc1. The number of nitrogens with one attached hydrogen (secondary N) is 1. The molecule has 0 atom stereocenters. The summed E-state index contributed by atoms with van der Waals surface area (Å²) < 4.78 is 5.92. The minimum Gasteiger partial charge on any atom is -0.490 e. The van der Waals surface area contributed by atoms with Crippen LogP contribution in [-0.4, -0.2) is 23.4 Å². The quantitative estimate of drug-likeness (QED) is 0.618. The molecular formula is C19H20N2O3. The molecule has 1 aliphatic carbocycles. The summed E-state index contributed by atoms with van der Waals surface area (Å²) in [6.45, 7) is 0. The van der Waals surface area contributed by atoms with Gasteiger partial charge in [-0.2, -0.15) is 5.10 Å². The summed E-state index contributed by atoms with van der Waals surface area (Å²) >= 11 is 0. The smallest absolute Gasteiger partial charge is 0.337 e. The number of nitrogens with zero attached hydrogens (tertiary/aromatic N) is 1. The lowest BCUT2D eigenvalue weighted by molar-refractivity contribution is 0.0698. The average molecular weight is 324 g/mol. The Hall–Kier alpha value is -2.82. The van der Waals surface area contributed by atoms with Crippen molar-refractivity contribution in [3.8, 4) is 5.75 Å². The van der Waals surface area contributed by atoms with E-state index in [4.69, 9.17) is 9.84 Å². The molecule has 1 fully saturated rings. The van der Waals surface area contributed by atoms with Gasteiger partial charge in [-0.1, -0.05) is 12.1 Å². The monoisotopic (exact) mass is 324 g/mol. The lowest BCUT2D eigenvalue weighted by Crippen LogP contribution is -2.10. The van der Waals surface area contributed by atoms with Crippen molar-refractivity contribution in [1.29, 1.82) is 0 Å². The minimum atomic E-state index is -0.985. The van der Waals surface area contributed by atoms with E-state index in [9.17, 15) is 4.79 Å². The number of hydrazone groups is 1. The van der Waals surface area contributed by atoms with Crippen molar-refractivity contribution in [3.63, 3.8) is 0 Å². The number of hydrogen-bond donors (Lipinski definition) is 2. The van der Waals surface area contributed by atoms with E-state index in [1.807, 2.05) is 24.3 Å². The molecule has 0 spiro atoms. The molecule has 0 bridgehead atoms. The van der Waals surface area contributed by atoms with Gasteiger partial charge in [-0.05, 0) is 67.6 Å². The van der Waals surface area contributed by atoms with Crippen LogP contribution in [-0.2, 0) is 0 Å². The van der Waals surface area contributed by atoms with Crippen molar-refractivity contribution >= 4 is 17.9 Å². The fourth-order valence-electron chi connectivity index (χ4n) is 2.77. The number of hydrogen-bond acceptors (Lipinski definition) is 4. The van der Waals surface area contributed by atoms with E-state index < -0.39 is 5.97 Å². The number of carbonyl (C=O) groups is 1. The first-order valence-corrected chi connectivity index (χ1v) is 8.10. The van der Waals surface area contributed by atoms with E-state index in [1.54, 1.807) is 24.4 Å². The first kappa shape index (κ1) is 16.1. The van der Waals surface area contributed by atoms with E-state index in [2.05, 4.69) is 10.5 Å². The largest absolute Gasteiger partial charge is 0.490 e. The second-order valence-corrected chi connectivity index (χ2v) is 5.81. The maximum atomic E-state index is 11.1. The number of aromatic carboxylic acids is 1. The summed E-state index contributed by atoms with van der Waals surface area (Å²) in [6.07, 6.45) is 6.76. The van der Waals surface area contributed by atoms with Crippen LogP contribution in [0.4, 0.5) is 5.69 Å². The predicted molar refractivity (Wildman–Crippen MR) is 93.9 cm³/mol. The van der Waals surface area contributed by atoms with Gasteiger partial charge < -0.3 is 9.84 Å². The molecule has 1 saturated carbocycles. The highest BCUT2D eigenvalue weighted by Gasteiger charge is 2.16. The molecule has 0 radical (unpaired) electrons. The highest BCUT2D eigenvalue weighted by Crippen LogP contribution is 2.24. The summed E-state index contributed by atoms with van der Waals surface area (Å²) in [6, 6.07) is 14.4. The van der Waals surface area contributed by atoms with Crippen LogP contribution in [0.25, 0.3) is 0 Å². The van der Waals surface area contributed by atoms with Crippen molar-refractivity contribution in [1.82, 2.24) is 0 Å². The molecule has 24 heavy (non-hydrogen) atoms. The van der Waals surface area contributed by atoms with E-state index in [-0.39, 0.29) is 5.56 Å². The first-order valence-electron chi connectivity index (χ1n) is 8.10. The molecule has 0 aromatic heterocycles. The zero-order chi connectivity index (χ0) is 16.8. The summed E-state index contributed by atoms with van der Waals surface area (Å²) in [7, 11) is 0. The zero-order valence-electron chi connectivity index (χ0n) is 13.3. The van der Waals surface area contributed by atoms with Crippen molar-refractivity contribution in [2.24, 2.45) is 5.10 Å². The third-order valence-electron chi connectivity index (χ3n) is 4.04. The van der Waals surface area contributed by atoms with Crippen LogP contribution in [0.2, 0.25) is 0 Å². The van der Waals surface area contributed by atoms with Crippen molar-refractivity contribution in [2.75, 3.05) is 5.43 Å². The van der Waals surface area contributed by atoms with Gasteiger partial charge >= 0.3 is 5.97 Å². The van der Waals surface area contributed by atoms with Gasteiger partial charge in [-0.15, -0.1) is 0 Å². The molecule has 124 valence electrons. The van der Waals surface area contributed by atoms with Gasteiger partial charge in [0.2, 0.25) is 0 Å². The summed E-state index contributed by atoms with van der Waals surface area (Å²) in [5.74, 6) is -0.107. The molecule has 0 aliphatic heterocycles. The number of para-hydroxylation sites is 1. The summed E-state index contributed by atoms with van der Waals surface area (Å²) in [4.78, 5) is 11.1. The highest BCUT2D eigenvalue weighted by molar-refractivity contribution is 5.94. The molecule has 2 aromatic carbocycles. The minimum absolute atomic E-state index is 0.190. The number of ether oxygens (including phenoxy) is 1. The second kappa shape index (κ2) is 7.64. The lowest BCUT2D eigenvalue weighted by Gasteiger charge is -2.12. The maximum absolute atomic E-state index is 11.1. The molecule has 5 nitrogen and oxygen atoms in total. The highest BCUT2D eigenvalue weighted by atomic mass is 16.5. The number of carboxylic acid groups (broad SMARTS) is 1. The van der Waals surface area contributed by atoms with Gasteiger partial charge in [-0.25, -0.2) is 4.79 Å². The third kappa shape index (κ3) is 4.13. The normalized spacial score (nSPS) is 14.8. The van der Waals surface area contributed by atoms with Crippen molar-refractivity contribution in [3.05, 3.63) is 59.7 Å². The maximum Gasteiger partial charge on any atom is 0.337 e. The van der Waals surface area contributed by atoms with Gasteiger partial charge in [-0.3, -0.25) is 5.43 Å². The van der Waals surface area contributed by atoms with Crippen LogP contribution in [0.3, 0.4) is 0 Å². The second-order valence-electron chi connectivity index (χ2n) is 5.81. The Kier molecular flexibility index (Phi) is 5.11. The summed E-state index contributed by atoms with van der Waals surface area (Å²) in [5, 5.41) is 13.2. The van der Waals surface area contributed by atoms with Gasteiger partial charge in [0.15, 0.2) is 0 Å². The topological polar surface area (TPSA) is 70.9 Å². The lowest BCUT2D eigenvalue weighted by atomic mass is 10.2. The Morgan fingerprint density at radius 1 is 1.12 bits per heavy atom. The molecule has 2 N–H and O–H groups in total. The van der Waals surface area contributed by atoms with Gasteiger partial charge in [0.25, 0.3) is 0 Å². The molecule has 2 aromatic rings. The van der Waals surface area contributed by atoms with Crippen LogP contribution < -0.4 is 10.2 Å². The van der Waals surface area contributed by atoms with Crippen molar-refractivity contribution in [2.45, 2.75) is 31.8 Å². The Balaban J connectivity index is 1.59. The van der Waals surface area contributed by atoms with E-state index in [0.29, 0.717) is 11.8 Å². The molecule has 0 heterocycles. The standard InChI is InChI=1S/C19H20N2O3/c22-19(23)17-7-3-4-8-18(17)21-20-13-14-9-11-16(12-10-14)24-15-5-1-2-6-15/h3-4,7-13,15,21H,1-2,5-6H2,(H,22,23). The number of rotatable bonds is 6. The molecule has 0 saturated heterocycles. The fourth-order valence-corrected chi connectivity index (χ4v) is 2.77. The summed E-state index contributed by atoms with van der Waals surface area (Å²) in [5.41, 5.74) is 4.34. The Labute approximate surface area is 141 Å². The Morgan fingerprint density at radius 3 is 2.54 bits per heavy atom. The molecule has 0 unspecified atom stereocenters. The van der Waals surface area contributed by atoms with Crippen molar-refractivity contribution < 1.29 is 14.6 Å². The fraction of sp³-hybridized carbons (Fsp3) is 0.263. The van der Waals surface area contributed by atoms with E-state index in [0.717, 1.165) is 24.2 Å². The molecule has 0 amide bonds. The molecule has 3 rings (SSSR count). The van der Waals surface area contributed by atoms with Crippen LogP contribution >= 0.6 is 0 Å². The number of carboxylic acids is 1. The Morgan fingerprint density at radius 2 is 1.83 bits per heavy atom. The van der Waals surface area contributed by atoms with Crippen LogP contribution in [0.5, 0.6) is 5.75 Å². The number of anilines is 1. The zero-order valence-corrected chi connectivity index (χ0v) is 13.3. The Bertz CT molecular complexity index is 720. The van der Waals surface area contributed by atoms with E-state index >= 15 is 0 Å². The van der Waals surface area contributed by atoms with Gasteiger partial charge in [0.05, 0.1) is 23.6 Å². The van der Waals surface area contributed by atoms with Gasteiger partial charge in [0, 0.05) is 0 Å². The molecule has 1 aliphatic rings. The van der Waals surface area contributed by atoms with E-state index in [1.165, 1.54) is 18.9 Å². The first-order chi connectivity index (χ1) is 11.7. The predicted octanol–water partition coefficient (Wildman–Crippen LogP) is 4.15. The number of benzene rings is 2. The van der Waals surface area contributed by atoms with Crippen LogP contribution in [0.1, 0.15) is 41.6 Å². The molecule has 5 heteroatoms. The molecular weight excluding hydrogens is 304 g/mol. The average Bonchev–Trinajstić information content (AvgIpc) is 3.10. The van der Waals surface area contributed by atoms with Gasteiger partial charge in [0.1, 0.15) is 5.75 Å². The third-order valence-corrected chi connectivity index (χ3v) is 4.04. The van der Waals surface area contributed by atoms with Crippen LogP contribution in [0, 0.1) is 0 Å².